The number of hydrogen-bond acceptors (Lipinski definition) is 8. The molecule has 6 atom stereocenters. The maximum Gasteiger partial charge on any atom is 0.309 e. The van der Waals surface area contributed by atoms with Crippen LogP contribution in [0.1, 0.15) is 40.5 Å². The second-order valence-electron chi connectivity index (χ2n) is 7.69. The van der Waals surface area contributed by atoms with E-state index in [-0.39, 0.29) is 17.5 Å². The Morgan fingerprint density at radius 1 is 1.04 bits per heavy atom. The summed E-state index contributed by atoms with van der Waals surface area (Å²) in [6, 6.07) is 5.88. The highest BCUT2D eigenvalue weighted by atomic mass is 16.7. The molecule has 1 spiro atoms. The summed E-state index contributed by atoms with van der Waals surface area (Å²) >= 11 is 0. The van der Waals surface area contributed by atoms with E-state index < -0.39 is 52.8 Å². The Morgan fingerprint density at radius 3 is 2.39 bits per heavy atom. The Labute approximate surface area is 159 Å². The fourth-order valence-electron chi connectivity index (χ4n) is 4.75. The minimum absolute atomic E-state index is 0.0498. The van der Waals surface area contributed by atoms with E-state index in [0.29, 0.717) is 6.42 Å². The van der Waals surface area contributed by atoms with Crippen LogP contribution in [0.3, 0.4) is 0 Å². The predicted molar refractivity (Wildman–Crippen MR) is 91.4 cm³/mol. The molecule has 8 nitrogen and oxygen atoms in total. The standard InChI is InChI=1S/C20H18O8/c1-10-5-4-8-18(27-10)20(25)16(23)12-7-3-2-6-11(12)15(22)19(20,24)17-13(28-18)9-14(21)26-17/h2-4,6-8,10,13,17,24-25H,5,9H2,1H3/t10-,13+,17-,18+,19-,20+/m1/s1. The third kappa shape index (κ3) is 1.81. The third-order valence-corrected chi connectivity index (χ3v) is 6.03. The van der Waals surface area contributed by atoms with Gasteiger partial charge < -0.3 is 24.4 Å². The fraction of sp³-hybridized carbons (Fsp3) is 0.450. The van der Waals surface area contributed by atoms with Crippen molar-refractivity contribution in [1.82, 2.24) is 0 Å². The minimum Gasteiger partial charge on any atom is -0.456 e. The quantitative estimate of drug-likeness (QED) is 0.483. The Bertz CT molecular complexity index is 953. The van der Waals surface area contributed by atoms with Crippen molar-refractivity contribution in [2.24, 2.45) is 0 Å². The van der Waals surface area contributed by atoms with Crippen molar-refractivity contribution in [2.45, 2.75) is 55.1 Å². The van der Waals surface area contributed by atoms with Gasteiger partial charge in [-0.3, -0.25) is 14.4 Å². The lowest BCUT2D eigenvalue weighted by molar-refractivity contribution is -0.379. The van der Waals surface area contributed by atoms with Crippen molar-refractivity contribution >= 4 is 17.5 Å². The molecule has 0 bridgehead atoms. The van der Waals surface area contributed by atoms with Crippen LogP contribution in [0.25, 0.3) is 0 Å². The van der Waals surface area contributed by atoms with Crippen molar-refractivity contribution in [3.8, 4) is 0 Å². The molecule has 146 valence electrons. The number of ketones is 2. The smallest absolute Gasteiger partial charge is 0.309 e. The van der Waals surface area contributed by atoms with Crippen LogP contribution in [-0.4, -0.2) is 63.0 Å². The Balaban J connectivity index is 1.83. The number of esters is 1. The average Bonchev–Trinajstić information content (AvgIpc) is 3.04. The first kappa shape index (κ1) is 17.7. The zero-order valence-electron chi connectivity index (χ0n) is 15.0. The lowest BCUT2D eigenvalue weighted by Gasteiger charge is -2.59. The number of rotatable bonds is 0. The number of ether oxygens (including phenoxy) is 3. The minimum atomic E-state index is -2.83. The van der Waals surface area contributed by atoms with Crippen LogP contribution < -0.4 is 0 Å². The van der Waals surface area contributed by atoms with E-state index >= 15 is 0 Å². The zero-order chi connectivity index (χ0) is 19.9. The first-order valence-corrected chi connectivity index (χ1v) is 9.11. The van der Waals surface area contributed by atoms with Crippen LogP contribution in [-0.2, 0) is 19.0 Å². The van der Waals surface area contributed by atoms with Gasteiger partial charge in [0, 0.05) is 11.1 Å². The van der Waals surface area contributed by atoms with E-state index in [4.69, 9.17) is 14.2 Å². The molecule has 1 aromatic carbocycles. The van der Waals surface area contributed by atoms with Gasteiger partial charge in [0.25, 0.3) is 0 Å². The van der Waals surface area contributed by atoms with E-state index in [9.17, 15) is 24.6 Å². The molecule has 1 aliphatic carbocycles. The maximum atomic E-state index is 13.5. The second-order valence-corrected chi connectivity index (χ2v) is 7.69. The molecule has 4 aliphatic rings. The average molecular weight is 386 g/mol. The number of carbonyl (C=O) groups is 3. The molecular weight excluding hydrogens is 368 g/mol. The molecular formula is C20H18O8. The van der Waals surface area contributed by atoms with E-state index in [0.717, 1.165) is 0 Å². The Morgan fingerprint density at radius 2 is 1.71 bits per heavy atom. The fourth-order valence-corrected chi connectivity index (χ4v) is 4.75. The van der Waals surface area contributed by atoms with Gasteiger partial charge in [-0.2, -0.15) is 0 Å². The Kier molecular flexibility index (Phi) is 3.38. The van der Waals surface area contributed by atoms with Crippen molar-refractivity contribution in [1.29, 1.82) is 0 Å². The van der Waals surface area contributed by atoms with Gasteiger partial charge in [-0.25, -0.2) is 0 Å². The lowest BCUT2D eigenvalue weighted by atomic mass is 9.59. The summed E-state index contributed by atoms with van der Waals surface area (Å²) in [5.74, 6) is -4.66. The van der Waals surface area contributed by atoms with Gasteiger partial charge in [0.2, 0.25) is 28.6 Å². The van der Waals surface area contributed by atoms with E-state index in [1.807, 2.05) is 0 Å². The highest BCUT2D eigenvalue weighted by Crippen LogP contribution is 2.55. The number of aliphatic hydroxyl groups is 2. The highest BCUT2D eigenvalue weighted by molar-refractivity contribution is 6.23. The lowest BCUT2D eigenvalue weighted by Crippen LogP contribution is -2.85. The van der Waals surface area contributed by atoms with E-state index in [1.54, 1.807) is 25.1 Å². The molecule has 8 heteroatoms. The normalized spacial score (nSPS) is 44.1. The molecule has 1 aromatic rings. The second kappa shape index (κ2) is 5.36. The first-order valence-electron chi connectivity index (χ1n) is 9.11. The Hall–Kier alpha value is -2.39. The molecule has 0 saturated carbocycles. The van der Waals surface area contributed by atoms with Gasteiger partial charge in [-0.1, -0.05) is 30.3 Å². The summed E-state index contributed by atoms with van der Waals surface area (Å²) < 4.78 is 17.0. The number of hydrogen-bond donors (Lipinski definition) is 2. The number of carbonyl (C=O) groups excluding carboxylic acids is 3. The largest absolute Gasteiger partial charge is 0.456 e. The third-order valence-electron chi connectivity index (χ3n) is 6.03. The first-order chi connectivity index (χ1) is 13.2. The molecule has 2 fully saturated rings. The molecule has 2 saturated heterocycles. The van der Waals surface area contributed by atoms with Crippen LogP contribution in [0.5, 0.6) is 0 Å². The summed E-state index contributed by atoms with van der Waals surface area (Å²) in [5, 5.41) is 23.4. The molecule has 3 aliphatic heterocycles. The summed E-state index contributed by atoms with van der Waals surface area (Å²) in [6.07, 6.45) is 0.192. The van der Waals surface area contributed by atoms with Gasteiger partial charge in [0.1, 0.15) is 6.10 Å². The van der Waals surface area contributed by atoms with Crippen LogP contribution in [0.2, 0.25) is 0 Å². The summed E-state index contributed by atoms with van der Waals surface area (Å²) in [5.41, 5.74) is -5.69. The molecule has 28 heavy (non-hydrogen) atoms. The molecule has 5 rings (SSSR count). The van der Waals surface area contributed by atoms with E-state index in [2.05, 4.69) is 0 Å². The number of benzene rings is 1. The summed E-state index contributed by atoms with van der Waals surface area (Å²) in [7, 11) is 0. The molecule has 0 aromatic heterocycles. The molecule has 2 N–H and O–H groups in total. The van der Waals surface area contributed by atoms with Crippen LogP contribution in [0, 0.1) is 0 Å². The predicted octanol–water partition coefficient (Wildman–Crippen LogP) is 0.303. The summed E-state index contributed by atoms with van der Waals surface area (Å²) in [6.45, 7) is 1.71. The van der Waals surface area contributed by atoms with Crippen LogP contribution >= 0.6 is 0 Å². The van der Waals surface area contributed by atoms with Gasteiger partial charge in [0.15, 0.2) is 6.10 Å². The number of fused-ring (bicyclic) bond motifs is 5. The topological polar surface area (TPSA) is 119 Å². The molecule has 3 heterocycles. The highest BCUT2D eigenvalue weighted by Gasteiger charge is 2.82. The number of Topliss-reactive ketones (excluding diaryl/α,β-unsaturated/α-hetero) is 2. The van der Waals surface area contributed by atoms with Crippen molar-refractivity contribution in [2.75, 3.05) is 0 Å². The molecule has 0 unspecified atom stereocenters. The van der Waals surface area contributed by atoms with Gasteiger partial charge >= 0.3 is 5.97 Å². The van der Waals surface area contributed by atoms with Gasteiger partial charge in [-0.15, -0.1) is 0 Å². The van der Waals surface area contributed by atoms with Gasteiger partial charge in [0.05, 0.1) is 12.5 Å². The zero-order valence-corrected chi connectivity index (χ0v) is 15.0. The molecule has 0 radical (unpaired) electrons. The summed E-state index contributed by atoms with van der Waals surface area (Å²) in [4.78, 5) is 38.8. The van der Waals surface area contributed by atoms with Crippen LogP contribution in [0.15, 0.2) is 36.4 Å². The van der Waals surface area contributed by atoms with Crippen molar-refractivity contribution < 1.29 is 38.8 Å². The van der Waals surface area contributed by atoms with E-state index in [1.165, 1.54) is 18.2 Å². The SMILES string of the molecule is C[C@@H]1CC=C[C@]2(O1)O[C@H]1CC(=O)O[C@H]1[C@]1(O)C(=O)c3ccccc3C(=O)[C@]21O. The maximum absolute atomic E-state index is 13.5. The monoisotopic (exact) mass is 386 g/mol. The van der Waals surface area contributed by atoms with Crippen molar-refractivity contribution in [3.63, 3.8) is 0 Å². The van der Waals surface area contributed by atoms with Gasteiger partial charge in [-0.05, 0) is 19.4 Å². The molecule has 0 amide bonds. The van der Waals surface area contributed by atoms with Crippen LogP contribution in [0.4, 0.5) is 0 Å². The van der Waals surface area contributed by atoms with Crippen molar-refractivity contribution in [3.05, 3.63) is 47.5 Å².